The molecular weight excluding hydrogens is 220 g/mol. The molecule has 17 heavy (non-hydrogen) atoms. The van der Waals surface area contributed by atoms with Crippen LogP contribution in [0.2, 0.25) is 0 Å². The minimum Gasteiger partial charge on any atom is -0.466 e. The predicted octanol–water partition coefficient (Wildman–Crippen LogP) is 0.270. The Kier molecular flexibility index (Phi) is 5.15. The van der Waals surface area contributed by atoms with Gasteiger partial charge in [-0.2, -0.15) is 0 Å². The minimum absolute atomic E-state index is 0.131. The lowest BCUT2D eigenvalue weighted by atomic mass is 10.2. The summed E-state index contributed by atoms with van der Waals surface area (Å²) < 4.78 is 4.61. The summed E-state index contributed by atoms with van der Waals surface area (Å²) in [5, 5.41) is 0. The van der Waals surface area contributed by atoms with Crippen LogP contribution in [0.3, 0.4) is 0 Å². The third kappa shape index (κ3) is 4.19. The molecule has 1 fully saturated rings. The summed E-state index contributed by atoms with van der Waals surface area (Å²) in [6.45, 7) is 4.43. The zero-order chi connectivity index (χ0) is 12.8. The fraction of sp³-hybridized carbons (Fsp3) is 0.667. The fourth-order valence-electron chi connectivity index (χ4n) is 1.71. The van der Waals surface area contributed by atoms with Crippen molar-refractivity contribution in [2.24, 2.45) is 0 Å². The predicted molar refractivity (Wildman–Crippen MR) is 64.5 cm³/mol. The molecule has 5 heteroatoms. The van der Waals surface area contributed by atoms with Crippen molar-refractivity contribution >= 4 is 11.9 Å². The van der Waals surface area contributed by atoms with Crippen LogP contribution in [-0.4, -0.2) is 62.0 Å². The van der Waals surface area contributed by atoms with Crippen LogP contribution in [-0.2, 0) is 14.3 Å². The molecule has 0 N–H and O–H groups in total. The number of hydrogen-bond donors (Lipinski definition) is 0. The average Bonchev–Trinajstić information content (AvgIpc) is 2.48. The van der Waals surface area contributed by atoms with Crippen LogP contribution in [0.15, 0.2) is 11.6 Å². The number of carbonyl (C=O) groups excluding carboxylic acids is 2. The zero-order valence-corrected chi connectivity index (χ0v) is 10.7. The summed E-state index contributed by atoms with van der Waals surface area (Å²) in [6.07, 6.45) is 2.78. The highest BCUT2D eigenvalue weighted by molar-refractivity contribution is 5.87. The molecule has 1 heterocycles. The van der Waals surface area contributed by atoms with Crippen LogP contribution in [0.25, 0.3) is 0 Å². The highest BCUT2D eigenvalue weighted by Crippen LogP contribution is 2.04. The second-order valence-corrected chi connectivity index (χ2v) is 4.28. The van der Waals surface area contributed by atoms with E-state index in [9.17, 15) is 9.59 Å². The highest BCUT2D eigenvalue weighted by atomic mass is 16.5. The zero-order valence-electron chi connectivity index (χ0n) is 10.7. The lowest BCUT2D eigenvalue weighted by Crippen LogP contribution is -2.34. The maximum Gasteiger partial charge on any atom is 0.333 e. The molecule has 0 radical (unpaired) electrons. The van der Waals surface area contributed by atoms with E-state index >= 15 is 0 Å². The molecule has 0 bridgehead atoms. The van der Waals surface area contributed by atoms with Gasteiger partial charge in [0.2, 0.25) is 5.91 Å². The maximum atomic E-state index is 11.6. The Morgan fingerprint density at radius 1 is 1.47 bits per heavy atom. The first-order valence-corrected chi connectivity index (χ1v) is 5.76. The Morgan fingerprint density at radius 3 is 2.82 bits per heavy atom. The molecule has 0 atom stereocenters. The standard InChI is InChI=1S/C12H20N2O3/c1-10(12(16)17-3)5-8-14-7-4-6-13(2)11(15)9-14/h5H,4,6-9H2,1-3H3. The molecule has 1 aliphatic heterocycles. The third-order valence-corrected chi connectivity index (χ3v) is 2.92. The molecule has 1 saturated heterocycles. The van der Waals surface area contributed by atoms with Crippen molar-refractivity contribution in [3.63, 3.8) is 0 Å². The van der Waals surface area contributed by atoms with Gasteiger partial charge in [-0.3, -0.25) is 9.69 Å². The van der Waals surface area contributed by atoms with Gasteiger partial charge in [-0.15, -0.1) is 0 Å². The van der Waals surface area contributed by atoms with Crippen LogP contribution < -0.4 is 0 Å². The van der Waals surface area contributed by atoms with Crippen molar-refractivity contribution in [2.75, 3.05) is 40.3 Å². The highest BCUT2D eigenvalue weighted by Gasteiger charge is 2.18. The van der Waals surface area contributed by atoms with Crippen molar-refractivity contribution in [2.45, 2.75) is 13.3 Å². The summed E-state index contributed by atoms with van der Waals surface area (Å²) in [6, 6.07) is 0. The first-order valence-electron chi connectivity index (χ1n) is 5.76. The van der Waals surface area contributed by atoms with Crippen molar-refractivity contribution < 1.29 is 14.3 Å². The molecule has 1 aliphatic rings. The number of amides is 1. The van der Waals surface area contributed by atoms with Crippen molar-refractivity contribution in [3.05, 3.63) is 11.6 Å². The number of carbonyl (C=O) groups is 2. The molecule has 0 spiro atoms. The van der Waals surface area contributed by atoms with Crippen LogP contribution in [0, 0.1) is 0 Å². The number of rotatable bonds is 3. The topological polar surface area (TPSA) is 49.9 Å². The molecule has 0 saturated carbocycles. The van der Waals surface area contributed by atoms with E-state index in [2.05, 4.69) is 4.74 Å². The van der Waals surface area contributed by atoms with Crippen LogP contribution >= 0.6 is 0 Å². The number of esters is 1. The second kappa shape index (κ2) is 6.39. The number of ether oxygens (including phenoxy) is 1. The average molecular weight is 240 g/mol. The van der Waals surface area contributed by atoms with Gasteiger partial charge in [0, 0.05) is 32.3 Å². The van der Waals surface area contributed by atoms with E-state index in [1.54, 1.807) is 11.8 Å². The molecule has 0 aromatic rings. The molecule has 96 valence electrons. The van der Waals surface area contributed by atoms with Gasteiger partial charge in [-0.05, 0) is 13.3 Å². The van der Waals surface area contributed by atoms with Crippen molar-refractivity contribution in [1.29, 1.82) is 0 Å². The molecule has 0 aromatic carbocycles. The molecule has 1 amide bonds. The Balaban J connectivity index is 2.51. The van der Waals surface area contributed by atoms with E-state index in [1.165, 1.54) is 7.11 Å². The third-order valence-electron chi connectivity index (χ3n) is 2.92. The molecule has 1 rings (SSSR count). The second-order valence-electron chi connectivity index (χ2n) is 4.28. The smallest absolute Gasteiger partial charge is 0.333 e. The van der Waals surface area contributed by atoms with E-state index in [1.807, 2.05) is 18.0 Å². The van der Waals surface area contributed by atoms with E-state index in [0.29, 0.717) is 18.7 Å². The molecule has 0 unspecified atom stereocenters. The van der Waals surface area contributed by atoms with Gasteiger partial charge in [0.05, 0.1) is 13.7 Å². The van der Waals surface area contributed by atoms with E-state index < -0.39 is 0 Å². The maximum absolute atomic E-state index is 11.6. The van der Waals surface area contributed by atoms with E-state index in [0.717, 1.165) is 19.5 Å². The van der Waals surface area contributed by atoms with E-state index in [-0.39, 0.29) is 11.9 Å². The fourth-order valence-corrected chi connectivity index (χ4v) is 1.71. The molecular formula is C12H20N2O3. The van der Waals surface area contributed by atoms with Gasteiger partial charge in [0.1, 0.15) is 0 Å². The van der Waals surface area contributed by atoms with Gasteiger partial charge in [-0.1, -0.05) is 6.08 Å². The Hall–Kier alpha value is -1.36. The van der Waals surface area contributed by atoms with Gasteiger partial charge < -0.3 is 9.64 Å². The van der Waals surface area contributed by atoms with Gasteiger partial charge >= 0.3 is 5.97 Å². The van der Waals surface area contributed by atoms with Gasteiger partial charge in [-0.25, -0.2) is 4.79 Å². The lowest BCUT2D eigenvalue weighted by Gasteiger charge is -2.17. The Morgan fingerprint density at radius 2 is 2.18 bits per heavy atom. The van der Waals surface area contributed by atoms with Crippen molar-refractivity contribution in [3.8, 4) is 0 Å². The van der Waals surface area contributed by atoms with Crippen LogP contribution in [0.1, 0.15) is 13.3 Å². The quantitative estimate of drug-likeness (QED) is 0.525. The van der Waals surface area contributed by atoms with E-state index in [4.69, 9.17) is 0 Å². The summed E-state index contributed by atoms with van der Waals surface area (Å²) in [5.41, 5.74) is 0.581. The largest absolute Gasteiger partial charge is 0.466 e. The first-order chi connectivity index (χ1) is 8.04. The summed E-state index contributed by atoms with van der Waals surface area (Å²) in [4.78, 5) is 26.6. The first kappa shape index (κ1) is 13.7. The minimum atomic E-state index is -0.316. The summed E-state index contributed by atoms with van der Waals surface area (Å²) in [5.74, 6) is -0.185. The SMILES string of the molecule is COC(=O)C(C)=CCN1CCCN(C)C(=O)C1. The van der Waals surface area contributed by atoms with Crippen LogP contribution in [0.4, 0.5) is 0 Å². The van der Waals surface area contributed by atoms with Crippen molar-refractivity contribution in [1.82, 2.24) is 9.80 Å². The number of methoxy groups -OCH3 is 1. The molecule has 5 nitrogen and oxygen atoms in total. The number of nitrogens with zero attached hydrogens (tertiary/aromatic N) is 2. The normalized spacial score (nSPS) is 19.1. The Bertz CT molecular complexity index is 326. The van der Waals surface area contributed by atoms with Gasteiger partial charge in [0.25, 0.3) is 0 Å². The number of hydrogen-bond acceptors (Lipinski definition) is 4. The lowest BCUT2D eigenvalue weighted by molar-refractivity contribution is -0.136. The molecule has 0 aromatic heterocycles. The van der Waals surface area contributed by atoms with Crippen LogP contribution in [0.5, 0.6) is 0 Å². The summed E-state index contributed by atoms with van der Waals surface area (Å²) >= 11 is 0. The molecule has 0 aliphatic carbocycles. The van der Waals surface area contributed by atoms with Gasteiger partial charge in [0.15, 0.2) is 0 Å². The Labute approximate surface area is 102 Å². The summed E-state index contributed by atoms with van der Waals surface area (Å²) in [7, 11) is 3.19. The monoisotopic (exact) mass is 240 g/mol. The number of likely N-dealkylation sites (N-methyl/N-ethyl adjacent to an activating group) is 1.